The van der Waals surface area contributed by atoms with Gasteiger partial charge < -0.3 is 15.0 Å². The highest BCUT2D eigenvalue weighted by Crippen LogP contribution is 2.19. The van der Waals surface area contributed by atoms with Crippen molar-refractivity contribution < 1.29 is 9.53 Å². The van der Waals surface area contributed by atoms with E-state index in [9.17, 15) is 4.79 Å². The normalized spacial score (nSPS) is 25.1. The Kier molecular flexibility index (Phi) is 6.02. The second-order valence-electron chi connectivity index (χ2n) is 7.46. The summed E-state index contributed by atoms with van der Waals surface area (Å²) in [6, 6.07) is 0.199. The molecule has 1 atom stereocenters. The lowest BCUT2D eigenvalue weighted by atomic mass is 9.92. The summed E-state index contributed by atoms with van der Waals surface area (Å²) in [6.45, 7) is 14.0. The number of hydrogen-bond donors (Lipinski definition) is 1. The lowest BCUT2D eigenvalue weighted by molar-refractivity contribution is -0.134. The molecule has 2 fully saturated rings. The molecule has 1 unspecified atom stereocenters. The van der Waals surface area contributed by atoms with Crippen LogP contribution in [0.3, 0.4) is 0 Å². The van der Waals surface area contributed by atoms with Crippen LogP contribution in [-0.4, -0.2) is 74.2 Å². The number of morpholine rings is 1. The van der Waals surface area contributed by atoms with Crippen LogP contribution in [0, 0.1) is 5.41 Å². The SMILES string of the molecule is CC(C)(C)CCN1CCN(C(=O)CC2COCCN2)CC1. The number of amides is 1. The van der Waals surface area contributed by atoms with Gasteiger partial charge in [0.2, 0.25) is 5.91 Å². The Morgan fingerprint density at radius 1 is 1.24 bits per heavy atom. The number of hydrogen-bond acceptors (Lipinski definition) is 4. The van der Waals surface area contributed by atoms with E-state index in [-0.39, 0.29) is 11.9 Å². The third-order valence-electron chi connectivity index (χ3n) is 4.32. The quantitative estimate of drug-likeness (QED) is 0.839. The van der Waals surface area contributed by atoms with Gasteiger partial charge in [-0.05, 0) is 18.4 Å². The van der Waals surface area contributed by atoms with E-state index in [0.29, 0.717) is 18.4 Å². The molecule has 2 heterocycles. The summed E-state index contributed by atoms with van der Waals surface area (Å²) >= 11 is 0. The van der Waals surface area contributed by atoms with Crippen molar-refractivity contribution in [2.75, 3.05) is 52.5 Å². The summed E-state index contributed by atoms with van der Waals surface area (Å²) in [5.41, 5.74) is 0.388. The second-order valence-corrected chi connectivity index (χ2v) is 7.46. The molecule has 5 nitrogen and oxygen atoms in total. The van der Waals surface area contributed by atoms with Crippen molar-refractivity contribution in [3.05, 3.63) is 0 Å². The van der Waals surface area contributed by atoms with Gasteiger partial charge in [0, 0.05) is 45.2 Å². The van der Waals surface area contributed by atoms with E-state index < -0.39 is 0 Å². The van der Waals surface area contributed by atoms with E-state index in [0.717, 1.165) is 45.9 Å². The molecule has 0 radical (unpaired) electrons. The van der Waals surface area contributed by atoms with Crippen LogP contribution >= 0.6 is 0 Å². The van der Waals surface area contributed by atoms with E-state index in [4.69, 9.17) is 4.74 Å². The van der Waals surface area contributed by atoms with Gasteiger partial charge in [0.25, 0.3) is 0 Å². The fourth-order valence-electron chi connectivity index (χ4n) is 2.81. The molecule has 0 aliphatic carbocycles. The van der Waals surface area contributed by atoms with Crippen LogP contribution in [0.5, 0.6) is 0 Å². The second kappa shape index (κ2) is 7.56. The first-order valence-electron chi connectivity index (χ1n) is 8.25. The first-order valence-corrected chi connectivity index (χ1v) is 8.25. The van der Waals surface area contributed by atoms with Gasteiger partial charge in [0.15, 0.2) is 0 Å². The average Bonchev–Trinajstić information content (AvgIpc) is 2.46. The first kappa shape index (κ1) is 16.7. The summed E-state index contributed by atoms with van der Waals surface area (Å²) in [7, 11) is 0. The van der Waals surface area contributed by atoms with Gasteiger partial charge >= 0.3 is 0 Å². The Morgan fingerprint density at radius 2 is 1.95 bits per heavy atom. The van der Waals surface area contributed by atoms with E-state index in [1.54, 1.807) is 0 Å². The summed E-state index contributed by atoms with van der Waals surface area (Å²) in [5.74, 6) is 0.272. The molecular weight excluding hydrogens is 266 g/mol. The third-order valence-corrected chi connectivity index (χ3v) is 4.32. The average molecular weight is 297 g/mol. The number of piperazine rings is 1. The van der Waals surface area contributed by atoms with Crippen molar-refractivity contribution in [3.8, 4) is 0 Å². The molecule has 1 N–H and O–H groups in total. The van der Waals surface area contributed by atoms with Crippen LogP contribution in [0.4, 0.5) is 0 Å². The monoisotopic (exact) mass is 297 g/mol. The molecule has 0 aromatic heterocycles. The number of ether oxygens (including phenoxy) is 1. The predicted octanol–water partition coefficient (Wildman–Crippen LogP) is 0.945. The van der Waals surface area contributed by atoms with Gasteiger partial charge in [0.1, 0.15) is 0 Å². The van der Waals surface area contributed by atoms with Gasteiger partial charge in [-0.3, -0.25) is 9.69 Å². The van der Waals surface area contributed by atoms with Crippen LogP contribution in [0.2, 0.25) is 0 Å². The molecular formula is C16H31N3O2. The zero-order chi connectivity index (χ0) is 15.3. The number of nitrogens with zero attached hydrogens (tertiary/aromatic N) is 2. The minimum Gasteiger partial charge on any atom is -0.378 e. The fraction of sp³-hybridized carbons (Fsp3) is 0.938. The third kappa shape index (κ3) is 5.93. The van der Waals surface area contributed by atoms with E-state index in [1.165, 1.54) is 6.42 Å². The van der Waals surface area contributed by atoms with Crippen LogP contribution in [0.15, 0.2) is 0 Å². The first-order chi connectivity index (χ1) is 9.94. The summed E-state index contributed by atoms with van der Waals surface area (Å²) < 4.78 is 5.41. The van der Waals surface area contributed by atoms with E-state index in [1.807, 2.05) is 4.90 Å². The molecule has 2 rings (SSSR count). The number of carbonyl (C=O) groups excluding carboxylic acids is 1. The molecule has 5 heteroatoms. The van der Waals surface area contributed by atoms with Crippen LogP contribution in [-0.2, 0) is 9.53 Å². The van der Waals surface area contributed by atoms with Crippen molar-refractivity contribution in [3.63, 3.8) is 0 Å². The van der Waals surface area contributed by atoms with Crippen molar-refractivity contribution in [1.82, 2.24) is 15.1 Å². The zero-order valence-corrected chi connectivity index (χ0v) is 13.9. The molecule has 122 valence electrons. The molecule has 2 aliphatic heterocycles. The Morgan fingerprint density at radius 3 is 2.52 bits per heavy atom. The van der Waals surface area contributed by atoms with Gasteiger partial charge in [0.05, 0.1) is 13.2 Å². The minimum atomic E-state index is 0.199. The van der Waals surface area contributed by atoms with Crippen molar-refractivity contribution in [2.45, 2.75) is 39.7 Å². The smallest absolute Gasteiger partial charge is 0.224 e. The van der Waals surface area contributed by atoms with Gasteiger partial charge in [-0.25, -0.2) is 0 Å². The standard InChI is InChI=1S/C16H31N3O2/c1-16(2,3)4-6-18-7-9-19(10-8-18)15(20)12-14-13-21-11-5-17-14/h14,17H,4-13H2,1-3H3. The highest BCUT2D eigenvalue weighted by atomic mass is 16.5. The van der Waals surface area contributed by atoms with Crippen molar-refractivity contribution in [2.24, 2.45) is 5.41 Å². The molecule has 0 saturated carbocycles. The zero-order valence-electron chi connectivity index (χ0n) is 13.9. The summed E-state index contributed by atoms with van der Waals surface area (Å²) in [5, 5.41) is 3.35. The van der Waals surface area contributed by atoms with E-state index >= 15 is 0 Å². The maximum Gasteiger partial charge on any atom is 0.224 e. The molecule has 0 spiro atoms. The van der Waals surface area contributed by atoms with Crippen LogP contribution in [0.1, 0.15) is 33.6 Å². The molecule has 0 aromatic carbocycles. The fourth-order valence-corrected chi connectivity index (χ4v) is 2.81. The number of carbonyl (C=O) groups is 1. The molecule has 1 amide bonds. The summed E-state index contributed by atoms with van der Waals surface area (Å²) in [6.07, 6.45) is 1.78. The van der Waals surface area contributed by atoms with Crippen LogP contribution < -0.4 is 5.32 Å². The molecule has 0 bridgehead atoms. The number of rotatable bonds is 4. The van der Waals surface area contributed by atoms with E-state index in [2.05, 4.69) is 31.0 Å². The molecule has 2 aliphatic rings. The van der Waals surface area contributed by atoms with Crippen molar-refractivity contribution in [1.29, 1.82) is 0 Å². The lowest BCUT2D eigenvalue weighted by Crippen LogP contribution is -2.51. The lowest BCUT2D eigenvalue weighted by Gasteiger charge is -2.36. The highest BCUT2D eigenvalue weighted by molar-refractivity contribution is 5.77. The Balaban J connectivity index is 1.66. The maximum atomic E-state index is 12.3. The van der Waals surface area contributed by atoms with Gasteiger partial charge in [-0.2, -0.15) is 0 Å². The molecule has 21 heavy (non-hydrogen) atoms. The topological polar surface area (TPSA) is 44.8 Å². The predicted molar refractivity (Wildman–Crippen MR) is 84.3 cm³/mol. The van der Waals surface area contributed by atoms with Crippen molar-refractivity contribution >= 4 is 5.91 Å². The Labute approximate surface area is 129 Å². The summed E-state index contributed by atoms with van der Waals surface area (Å²) in [4.78, 5) is 16.8. The molecule has 0 aromatic rings. The Bertz CT molecular complexity index is 327. The minimum absolute atomic E-state index is 0.199. The van der Waals surface area contributed by atoms with Gasteiger partial charge in [-0.1, -0.05) is 20.8 Å². The number of nitrogens with one attached hydrogen (secondary N) is 1. The Hall–Kier alpha value is -0.650. The largest absolute Gasteiger partial charge is 0.378 e. The highest BCUT2D eigenvalue weighted by Gasteiger charge is 2.25. The van der Waals surface area contributed by atoms with Crippen LogP contribution in [0.25, 0.3) is 0 Å². The molecule has 2 saturated heterocycles. The maximum absolute atomic E-state index is 12.3. The van der Waals surface area contributed by atoms with Gasteiger partial charge in [-0.15, -0.1) is 0 Å².